The number of piperidine rings is 1. The first-order chi connectivity index (χ1) is 14.1. The van der Waals surface area contributed by atoms with E-state index in [1.54, 1.807) is 13.2 Å². The van der Waals surface area contributed by atoms with Crippen LogP contribution in [0.3, 0.4) is 0 Å². The van der Waals surface area contributed by atoms with Crippen molar-refractivity contribution < 1.29 is 5.11 Å². The van der Waals surface area contributed by atoms with E-state index in [0.717, 1.165) is 63.5 Å². The van der Waals surface area contributed by atoms with E-state index in [2.05, 4.69) is 49.8 Å². The standard InChI is InChI=1S/C22H30ClN5O.HI/c1-24-22(25-11-8-18-6-7-21(23)26-14-18)27-15-17-2-4-19(5-3-17)16-28-12-9-20(29)10-13-28;/h2-7,14,20,29H,8-13,15-16H2,1H3,(H2,24,25,27);1H. The fraction of sp³-hybridized carbons (Fsp3) is 0.455. The first-order valence-corrected chi connectivity index (χ1v) is 10.5. The van der Waals surface area contributed by atoms with Gasteiger partial charge in [-0.15, -0.1) is 24.0 Å². The SMILES string of the molecule is CN=C(NCCc1ccc(Cl)nc1)NCc1ccc(CN2CCC(O)CC2)cc1.I. The number of hydrogen-bond donors (Lipinski definition) is 3. The van der Waals surface area contributed by atoms with Crippen molar-refractivity contribution in [1.82, 2.24) is 20.5 Å². The zero-order chi connectivity index (χ0) is 20.5. The minimum absolute atomic E-state index is 0. The molecule has 164 valence electrons. The fourth-order valence-corrected chi connectivity index (χ4v) is 3.50. The number of aliphatic imine (C=N–C) groups is 1. The van der Waals surface area contributed by atoms with Gasteiger partial charge in [0.05, 0.1) is 6.10 Å². The van der Waals surface area contributed by atoms with E-state index >= 15 is 0 Å². The van der Waals surface area contributed by atoms with E-state index in [9.17, 15) is 5.11 Å². The molecular weight excluding hydrogens is 513 g/mol. The Bertz CT molecular complexity index is 777. The molecule has 0 amide bonds. The van der Waals surface area contributed by atoms with Crippen molar-refractivity contribution in [2.45, 2.75) is 38.5 Å². The molecule has 1 aliphatic heterocycles. The van der Waals surface area contributed by atoms with Gasteiger partial charge in [0.2, 0.25) is 0 Å². The minimum atomic E-state index is -0.120. The lowest BCUT2D eigenvalue weighted by Crippen LogP contribution is -2.37. The molecule has 2 heterocycles. The summed E-state index contributed by atoms with van der Waals surface area (Å²) in [4.78, 5) is 10.8. The molecule has 2 aromatic rings. The van der Waals surface area contributed by atoms with Crippen molar-refractivity contribution in [1.29, 1.82) is 0 Å². The Morgan fingerprint density at radius 2 is 1.77 bits per heavy atom. The van der Waals surface area contributed by atoms with E-state index < -0.39 is 0 Å². The lowest BCUT2D eigenvalue weighted by Gasteiger charge is -2.29. The highest BCUT2D eigenvalue weighted by Gasteiger charge is 2.16. The highest BCUT2D eigenvalue weighted by molar-refractivity contribution is 14.0. The predicted molar refractivity (Wildman–Crippen MR) is 134 cm³/mol. The molecule has 8 heteroatoms. The van der Waals surface area contributed by atoms with Gasteiger partial charge in [-0.05, 0) is 42.0 Å². The number of pyridine rings is 1. The second-order valence-corrected chi connectivity index (χ2v) is 7.80. The van der Waals surface area contributed by atoms with Crippen LogP contribution in [-0.2, 0) is 19.5 Å². The van der Waals surface area contributed by atoms with Gasteiger partial charge in [0.15, 0.2) is 5.96 Å². The van der Waals surface area contributed by atoms with Crippen LogP contribution in [0.2, 0.25) is 5.15 Å². The van der Waals surface area contributed by atoms with E-state index in [-0.39, 0.29) is 30.1 Å². The van der Waals surface area contributed by atoms with Crippen molar-refractivity contribution >= 4 is 41.5 Å². The third-order valence-corrected chi connectivity index (χ3v) is 5.39. The van der Waals surface area contributed by atoms with Crippen molar-refractivity contribution in [3.8, 4) is 0 Å². The first kappa shape index (κ1) is 24.8. The van der Waals surface area contributed by atoms with Gasteiger partial charge >= 0.3 is 0 Å². The monoisotopic (exact) mass is 543 g/mol. The van der Waals surface area contributed by atoms with Crippen molar-refractivity contribution in [2.75, 3.05) is 26.7 Å². The van der Waals surface area contributed by atoms with E-state index in [4.69, 9.17) is 11.6 Å². The van der Waals surface area contributed by atoms with Crippen LogP contribution in [0.15, 0.2) is 47.6 Å². The summed E-state index contributed by atoms with van der Waals surface area (Å²) in [5, 5.41) is 16.8. The molecule has 0 unspecified atom stereocenters. The van der Waals surface area contributed by atoms with Gasteiger partial charge < -0.3 is 15.7 Å². The third kappa shape index (κ3) is 8.37. The Hall–Kier alpha value is -1.42. The highest BCUT2D eigenvalue weighted by atomic mass is 127. The van der Waals surface area contributed by atoms with E-state index in [1.165, 1.54) is 11.1 Å². The summed E-state index contributed by atoms with van der Waals surface area (Å²) >= 11 is 5.81. The van der Waals surface area contributed by atoms with Crippen LogP contribution >= 0.6 is 35.6 Å². The maximum atomic E-state index is 9.62. The van der Waals surface area contributed by atoms with Crippen LogP contribution in [-0.4, -0.2) is 53.7 Å². The normalized spacial score (nSPS) is 15.5. The number of rotatable bonds is 7. The zero-order valence-electron chi connectivity index (χ0n) is 17.4. The molecule has 3 rings (SSSR count). The molecule has 1 saturated heterocycles. The zero-order valence-corrected chi connectivity index (χ0v) is 20.4. The molecule has 0 bridgehead atoms. The molecule has 1 fully saturated rings. The molecule has 0 spiro atoms. The van der Waals surface area contributed by atoms with Gasteiger partial charge in [0.1, 0.15) is 5.15 Å². The van der Waals surface area contributed by atoms with Crippen molar-refractivity contribution in [3.05, 3.63) is 64.4 Å². The number of nitrogens with zero attached hydrogens (tertiary/aromatic N) is 3. The maximum absolute atomic E-state index is 9.62. The van der Waals surface area contributed by atoms with Crippen LogP contribution in [0, 0.1) is 0 Å². The average molecular weight is 544 g/mol. The van der Waals surface area contributed by atoms with E-state index in [0.29, 0.717) is 5.15 Å². The summed E-state index contributed by atoms with van der Waals surface area (Å²) < 4.78 is 0. The van der Waals surface area contributed by atoms with Crippen molar-refractivity contribution in [3.63, 3.8) is 0 Å². The smallest absolute Gasteiger partial charge is 0.191 e. The Morgan fingerprint density at radius 1 is 1.10 bits per heavy atom. The number of halogens is 2. The van der Waals surface area contributed by atoms with Crippen molar-refractivity contribution in [2.24, 2.45) is 4.99 Å². The van der Waals surface area contributed by atoms with Crippen LogP contribution in [0.25, 0.3) is 0 Å². The van der Waals surface area contributed by atoms with Gasteiger partial charge in [-0.25, -0.2) is 4.98 Å². The third-order valence-electron chi connectivity index (χ3n) is 5.16. The Kier molecular flexibility index (Phi) is 10.8. The summed E-state index contributed by atoms with van der Waals surface area (Å²) in [5.74, 6) is 0.780. The van der Waals surface area contributed by atoms with Crippen LogP contribution in [0.1, 0.15) is 29.5 Å². The molecule has 1 aliphatic rings. The lowest BCUT2D eigenvalue weighted by atomic mass is 10.1. The van der Waals surface area contributed by atoms with Crippen LogP contribution < -0.4 is 10.6 Å². The summed E-state index contributed by atoms with van der Waals surface area (Å²) in [6, 6.07) is 12.5. The lowest BCUT2D eigenvalue weighted by molar-refractivity contribution is 0.0792. The quantitative estimate of drug-likeness (QED) is 0.217. The molecule has 0 atom stereocenters. The number of aliphatic hydroxyl groups is 1. The first-order valence-electron chi connectivity index (χ1n) is 10.2. The number of guanidine groups is 1. The molecule has 0 radical (unpaired) electrons. The van der Waals surface area contributed by atoms with Gasteiger partial charge in [-0.3, -0.25) is 9.89 Å². The Morgan fingerprint density at radius 3 is 2.40 bits per heavy atom. The number of likely N-dealkylation sites (tertiary alicyclic amines) is 1. The molecule has 1 aromatic carbocycles. The summed E-state index contributed by atoms with van der Waals surface area (Å²) in [6.45, 7) is 4.38. The number of aromatic nitrogens is 1. The van der Waals surface area contributed by atoms with Gasteiger partial charge in [-0.1, -0.05) is 41.9 Å². The van der Waals surface area contributed by atoms with Crippen LogP contribution in [0.5, 0.6) is 0 Å². The average Bonchev–Trinajstić information content (AvgIpc) is 2.74. The molecule has 3 N–H and O–H groups in total. The maximum Gasteiger partial charge on any atom is 0.191 e. The summed E-state index contributed by atoms with van der Waals surface area (Å²) in [7, 11) is 1.78. The topological polar surface area (TPSA) is 72.8 Å². The highest BCUT2D eigenvalue weighted by Crippen LogP contribution is 2.14. The second-order valence-electron chi connectivity index (χ2n) is 7.42. The summed E-state index contributed by atoms with van der Waals surface area (Å²) in [5.41, 5.74) is 3.66. The second kappa shape index (κ2) is 13.1. The minimum Gasteiger partial charge on any atom is -0.393 e. The molecule has 0 aliphatic carbocycles. The predicted octanol–water partition coefficient (Wildman–Crippen LogP) is 3.22. The number of hydrogen-bond acceptors (Lipinski definition) is 4. The van der Waals surface area contributed by atoms with Gasteiger partial charge in [0, 0.05) is 46.0 Å². The largest absolute Gasteiger partial charge is 0.393 e. The molecule has 30 heavy (non-hydrogen) atoms. The number of aliphatic hydroxyl groups excluding tert-OH is 1. The summed E-state index contributed by atoms with van der Waals surface area (Å²) in [6.07, 6.45) is 4.29. The van der Waals surface area contributed by atoms with Gasteiger partial charge in [0.25, 0.3) is 0 Å². The Balaban J connectivity index is 0.00000320. The Labute approximate surface area is 201 Å². The fourth-order valence-electron chi connectivity index (χ4n) is 3.38. The van der Waals surface area contributed by atoms with Gasteiger partial charge in [-0.2, -0.15) is 0 Å². The molecule has 0 saturated carbocycles. The molecule has 6 nitrogen and oxygen atoms in total. The van der Waals surface area contributed by atoms with E-state index in [1.807, 2.05) is 12.1 Å². The molecule has 1 aromatic heterocycles. The molecular formula is C22H31ClIN5O. The number of nitrogens with one attached hydrogen (secondary N) is 2. The van der Waals surface area contributed by atoms with Crippen LogP contribution in [0.4, 0.5) is 0 Å². The number of benzene rings is 1.